The molecule has 1 aliphatic heterocycles. The SMILES string of the molecule is CCOC(=O)N1CCC(n2c(=O)c3cc([N+](=O)[O-])ccc3n(CC)c2=O)C(C)C1. The van der Waals surface area contributed by atoms with Crippen LogP contribution in [0.15, 0.2) is 27.8 Å². The van der Waals surface area contributed by atoms with Crippen LogP contribution in [0.2, 0.25) is 0 Å². The van der Waals surface area contributed by atoms with E-state index in [1.165, 1.54) is 27.3 Å². The summed E-state index contributed by atoms with van der Waals surface area (Å²) in [5.74, 6) is -0.167. The first kappa shape index (κ1) is 20.6. The van der Waals surface area contributed by atoms with Crippen LogP contribution in [0, 0.1) is 16.0 Å². The number of nitro benzene ring substituents is 1. The fourth-order valence-electron chi connectivity index (χ4n) is 3.99. The zero-order chi connectivity index (χ0) is 21.3. The van der Waals surface area contributed by atoms with Gasteiger partial charge in [-0.3, -0.25) is 24.0 Å². The van der Waals surface area contributed by atoms with E-state index in [0.717, 1.165) is 0 Å². The lowest BCUT2D eigenvalue weighted by atomic mass is 9.93. The quantitative estimate of drug-likeness (QED) is 0.569. The molecule has 156 valence electrons. The summed E-state index contributed by atoms with van der Waals surface area (Å²) < 4.78 is 7.68. The number of non-ortho nitro benzene ring substituents is 1. The lowest BCUT2D eigenvalue weighted by Crippen LogP contribution is -2.50. The molecule has 0 N–H and O–H groups in total. The first-order chi connectivity index (χ1) is 13.8. The van der Waals surface area contributed by atoms with E-state index < -0.39 is 28.3 Å². The number of aromatic nitrogens is 2. The smallest absolute Gasteiger partial charge is 0.409 e. The monoisotopic (exact) mass is 404 g/mol. The number of nitro groups is 1. The molecule has 1 amide bonds. The minimum absolute atomic E-state index is 0.140. The van der Waals surface area contributed by atoms with Crippen molar-refractivity contribution >= 4 is 22.7 Å². The number of nitrogens with zero attached hydrogens (tertiary/aromatic N) is 4. The molecule has 1 fully saturated rings. The van der Waals surface area contributed by atoms with E-state index in [4.69, 9.17) is 4.74 Å². The molecule has 0 saturated carbocycles. The predicted octanol–water partition coefficient (Wildman–Crippen LogP) is 2.13. The number of carbonyl (C=O) groups excluding carboxylic acids is 1. The van der Waals surface area contributed by atoms with Crippen molar-refractivity contribution in [2.45, 2.75) is 39.8 Å². The van der Waals surface area contributed by atoms with Crippen LogP contribution >= 0.6 is 0 Å². The molecule has 1 saturated heterocycles. The molecule has 3 rings (SSSR count). The first-order valence-electron chi connectivity index (χ1n) is 9.65. The van der Waals surface area contributed by atoms with Crippen LogP contribution in [-0.2, 0) is 11.3 Å². The fraction of sp³-hybridized carbons (Fsp3) is 0.526. The summed E-state index contributed by atoms with van der Waals surface area (Å²) in [6.07, 6.45) is 0.00414. The molecule has 0 radical (unpaired) electrons. The number of carbonyl (C=O) groups is 1. The van der Waals surface area contributed by atoms with Crippen LogP contribution in [0.25, 0.3) is 10.9 Å². The van der Waals surface area contributed by atoms with Gasteiger partial charge in [-0.05, 0) is 32.3 Å². The number of ether oxygens (including phenoxy) is 1. The van der Waals surface area contributed by atoms with Crippen molar-refractivity contribution in [3.63, 3.8) is 0 Å². The lowest BCUT2D eigenvalue weighted by molar-refractivity contribution is -0.384. The molecule has 0 bridgehead atoms. The number of hydrogen-bond acceptors (Lipinski definition) is 6. The van der Waals surface area contributed by atoms with E-state index in [0.29, 0.717) is 31.6 Å². The average Bonchev–Trinajstić information content (AvgIpc) is 2.69. The highest BCUT2D eigenvalue weighted by atomic mass is 16.6. The molecule has 10 nitrogen and oxygen atoms in total. The molecule has 2 unspecified atom stereocenters. The molecular formula is C19H24N4O6. The van der Waals surface area contributed by atoms with Crippen molar-refractivity contribution in [1.82, 2.24) is 14.0 Å². The third kappa shape index (κ3) is 3.62. The Morgan fingerprint density at radius 2 is 2.03 bits per heavy atom. The Kier molecular flexibility index (Phi) is 5.71. The van der Waals surface area contributed by atoms with Crippen molar-refractivity contribution < 1.29 is 14.5 Å². The van der Waals surface area contributed by atoms with Gasteiger partial charge < -0.3 is 9.64 Å². The molecule has 2 aromatic rings. The normalized spacial score (nSPS) is 19.3. The van der Waals surface area contributed by atoms with Gasteiger partial charge in [-0.2, -0.15) is 0 Å². The predicted molar refractivity (Wildman–Crippen MR) is 106 cm³/mol. The summed E-state index contributed by atoms with van der Waals surface area (Å²) in [4.78, 5) is 50.4. The second-order valence-corrected chi connectivity index (χ2v) is 7.14. The highest BCUT2D eigenvalue weighted by molar-refractivity contribution is 5.80. The second kappa shape index (κ2) is 8.06. The van der Waals surface area contributed by atoms with E-state index in [1.54, 1.807) is 18.7 Å². The van der Waals surface area contributed by atoms with Gasteiger partial charge in [0.05, 0.1) is 22.4 Å². The highest BCUT2D eigenvalue weighted by Gasteiger charge is 2.33. The Labute approximate surface area is 166 Å². The first-order valence-corrected chi connectivity index (χ1v) is 9.65. The van der Waals surface area contributed by atoms with Crippen molar-refractivity contribution in [1.29, 1.82) is 0 Å². The third-order valence-corrected chi connectivity index (χ3v) is 5.40. The van der Waals surface area contributed by atoms with Crippen molar-refractivity contribution in [3.05, 3.63) is 49.2 Å². The number of hydrogen-bond donors (Lipinski definition) is 0. The summed E-state index contributed by atoms with van der Waals surface area (Å²) in [5, 5.41) is 11.3. The standard InChI is InChI=1S/C19H24N4O6/c1-4-21-16-7-6-13(23(27)28)10-14(16)17(24)22(18(21)25)15-8-9-20(11-12(15)3)19(26)29-5-2/h6-7,10,12,15H,4-5,8-9,11H2,1-3H3. The van der Waals surface area contributed by atoms with E-state index in [9.17, 15) is 24.5 Å². The number of benzene rings is 1. The van der Waals surface area contributed by atoms with E-state index in [-0.39, 0.29) is 23.6 Å². The molecule has 1 aromatic heterocycles. The number of likely N-dealkylation sites (tertiary alicyclic amines) is 1. The molecule has 29 heavy (non-hydrogen) atoms. The topological polar surface area (TPSA) is 117 Å². The highest BCUT2D eigenvalue weighted by Crippen LogP contribution is 2.27. The Bertz CT molecular complexity index is 1070. The van der Waals surface area contributed by atoms with E-state index in [1.807, 2.05) is 6.92 Å². The van der Waals surface area contributed by atoms with Crippen LogP contribution in [0.3, 0.4) is 0 Å². The number of fused-ring (bicyclic) bond motifs is 1. The summed E-state index contributed by atoms with van der Waals surface area (Å²) in [7, 11) is 0. The zero-order valence-electron chi connectivity index (χ0n) is 16.7. The van der Waals surface area contributed by atoms with Gasteiger partial charge >= 0.3 is 11.8 Å². The van der Waals surface area contributed by atoms with Gasteiger partial charge in [-0.1, -0.05) is 6.92 Å². The van der Waals surface area contributed by atoms with Gasteiger partial charge in [0.25, 0.3) is 11.2 Å². The van der Waals surface area contributed by atoms with Crippen molar-refractivity contribution in [2.75, 3.05) is 19.7 Å². The van der Waals surface area contributed by atoms with E-state index >= 15 is 0 Å². The molecule has 1 aromatic carbocycles. The minimum atomic E-state index is -0.564. The van der Waals surface area contributed by atoms with Gasteiger partial charge in [0, 0.05) is 37.8 Å². The van der Waals surface area contributed by atoms with Gasteiger partial charge in [0.15, 0.2) is 0 Å². The summed E-state index contributed by atoms with van der Waals surface area (Å²) in [6, 6.07) is 3.54. The van der Waals surface area contributed by atoms with Gasteiger partial charge in [-0.15, -0.1) is 0 Å². The van der Waals surface area contributed by atoms with Crippen LogP contribution in [-0.4, -0.2) is 44.7 Å². The zero-order valence-corrected chi connectivity index (χ0v) is 16.7. The maximum atomic E-state index is 13.2. The second-order valence-electron chi connectivity index (χ2n) is 7.14. The van der Waals surface area contributed by atoms with Crippen molar-refractivity contribution in [3.8, 4) is 0 Å². The third-order valence-electron chi connectivity index (χ3n) is 5.40. The van der Waals surface area contributed by atoms with Gasteiger partial charge in [0.1, 0.15) is 0 Å². The molecule has 10 heteroatoms. The number of aryl methyl sites for hydroxylation is 1. The summed E-state index contributed by atoms with van der Waals surface area (Å²) in [6.45, 7) is 6.70. The van der Waals surface area contributed by atoms with Crippen LogP contribution in [0.4, 0.5) is 10.5 Å². The lowest BCUT2D eigenvalue weighted by Gasteiger charge is -2.36. The number of rotatable bonds is 4. The molecule has 0 aliphatic carbocycles. The minimum Gasteiger partial charge on any atom is -0.450 e. The van der Waals surface area contributed by atoms with E-state index in [2.05, 4.69) is 0 Å². The molecule has 1 aliphatic rings. The van der Waals surface area contributed by atoms with Crippen molar-refractivity contribution in [2.24, 2.45) is 5.92 Å². The molecular weight excluding hydrogens is 380 g/mol. The van der Waals surface area contributed by atoms with Crippen LogP contribution in [0.5, 0.6) is 0 Å². The Balaban J connectivity index is 2.10. The molecule has 2 atom stereocenters. The summed E-state index contributed by atoms with van der Waals surface area (Å²) >= 11 is 0. The maximum absolute atomic E-state index is 13.2. The Morgan fingerprint density at radius 3 is 2.62 bits per heavy atom. The average molecular weight is 404 g/mol. The fourth-order valence-corrected chi connectivity index (χ4v) is 3.99. The molecule has 2 heterocycles. The summed E-state index contributed by atoms with van der Waals surface area (Å²) in [5.41, 5.74) is -0.811. The van der Waals surface area contributed by atoms with Crippen LogP contribution in [0.1, 0.15) is 33.2 Å². The Morgan fingerprint density at radius 1 is 1.31 bits per heavy atom. The van der Waals surface area contributed by atoms with Crippen LogP contribution < -0.4 is 11.2 Å². The largest absolute Gasteiger partial charge is 0.450 e. The Hall–Kier alpha value is -3.17. The number of piperidine rings is 1. The number of amides is 1. The molecule has 0 spiro atoms. The van der Waals surface area contributed by atoms with Gasteiger partial charge in [-0.25, -0.2) is 9.59 Å². The van der Waals surface area contributed by atoms with Gasteiger partial charge in [0.2, 0.25) is 0 Å². The maximum Gasteiger partial charge on any atom is 0.409 e.